The molecule has 6 nitrogen and oxygen atoms in total. The van der Waals surface area contributed by atoms with E-state index in [2.05, 4.69) is 32.7 Å². The lowest BCUT2D eigenvalue weighted by molar-refractivity contribution is 0.102. The van der Waals surface area contributed by atoms with Crippen molar-refractivity contribution < 1.29 is 9.53 Å². The number of hydrogen-bond acceptors (Lipinski definition) is 5. The second-order valence-electron chi connectivity index (χ2n) is 7.02. The van der Waals surface area contributed by atoms with Gasteiger partial charge in [-0.05, 0) is 62.1 Å². The van der Waals surface area contributed by atoms with Gasteiger partial charge in [0.05, 0.1) is 7.11 Å². The van der Waals surface area contributed by atoms with E-state index in [0.29, 0.717) is 18.2 Å². The molecule has 29 heavy (non-hydrogen) atoms. The van der Waals surface area contributed by atoms with Crippen molar-refractivity contribution in [2.24, 2.45) is 0 Å². The zero-order chi connectivity index (χ0) is 20.8. The molecule has 0 bridgehead atoms. The minimum atomic E-state index is -0.249. The van der Waals surface area contributed by atoms with E-state index in [-0.39, 0.29) is 5.91 Å². The molecular weight excluding hydrogens is 364 g/mol. The van der Waals surface area contributed by atoms with Gasteiger partial charge in [-0.15, -0.1) is 0 Å². The second kappa shape index (κ2) is 9.19. The predicted octanol–water partition coefficient (Wildman–Crippen LogP) is 4.32. The van der Waals surface area contributed by atoms with Gasteiger partial charge >= 0.3 is 0 Å². The number of amides is 1. The molecule has 0 aliphatic heterocycles. The number of carbonyl (C=O) groups excluding carboxylic acids is 1. The van der Waals surface area contributed by atoms with Gasteiger partial charge in [-0.1, -0.05) is 29.8 Å². The molecule has 6 heteroatoms. The van der Waals surface area contributed by atoms with Gasteiger partial charge < -0.3 is 15.4 Å². The van der Waals surface area contributed by atoms with Crippen molar-refractivity contribution in [1.82, 2.24) is 9.97 Å². The second-order valence-corrected chi connectivity index (χ2v) is 7.02. The van der Waals surface area contributed by atoms with Crippen LogP contribution in [0.2, 0.25) is 0 Å². The van der Waals surface area contributed by atoms with E-state index in [1.807, 2.05) is 45.0 Å². The van der Waals surface area contributed by atoms with Crippen LogP contribution in [0.4, 0.5) is 11.6 Å². The largest absolute Gasteiger partial charge is 0.497 e. The molecular formula is C23H26N4O2. The molecule has 0 aliphatic rings. The van der Waals surface area contributed by atoms with Gasteiger partial charge in [0.15, 0.2) is 0 Å². The lowest BCUT2D eigenvalue weighted by Gasteiger charge is -2.13. The molecule has 150 valence electrons. The molecule has 2 N–H and O–H groups in total. The van der Waals surface area contributed by atoms with Gasteiger partial charge in [-0.3, -0.25) is 4.79 Å². The van der Waals surface area contributed by atoms with Gasteiger partial charge in [0.2, 0.25) is 5.95 Å². The maximum atomic E-state index is 12.7. The van der Waals surface area contributed by atoms with Gasteiger partial charge in [0, 0.05) is 18.4 Å². The average molecular weight is 390 g/mol. The Hall–Kier alpha value is -3.41. The van der Waals surface area contributed by atoms with Crippen LogP contribution in [0.1, 0.15) is 32.7 Å². The van der Waals surface area contributed by atoms with E-state index in [4.69, 9.17) is 4.74 Å². The Kier molecular flexibility index (Phi) is 6.44. The summed E-state index contributed by atoms with van der Waals surface area (Å²) in [7, 11) is 1.65. The maximum absolute atomic E-state index is 12.7. The Balaban J connectivity index is 1.62. The van der Waals surface area contributed by atoms with Crippen LogP contribution in [0.25, 0.3) is 0 Å². The van der Waals surface area contributed by atoms with Gasteiger partial charge in [-0.2, -0.15) is 0 Å². The first-order chi connectivity index (χ1) is 14.0. The van der Waals surface area contributed by atoms with Crippen LogP contribution < -0.4 is 15.4 Å². The van der Waals surface area contributed by atoms with Crippen LogP contribution in [-0.4, -0.2) is 29.5 Å². The fourth-order valence-corrected chi connectivity index (χ4v) is 3.24. The Morgan fingerprint density at radius 1 is 1.03 bits per heavy atom. The van der Waals surface area contributed by atoms with Crippen molar-refractivity contribution in [3.8, 4) is 5.75 Å². The van der Waals surface area contributed by atoms with Crippen molar-refractivity contribution in [3.63, 3.8) is 0 Å². The van der Waals surface area contributed by atoms with Crippen LogP contribution in [0, 0.1) is 20.8 Å². The minimum Gasteiger partial charge on any atom is -0.497 e. The van der Waals surface area contributed by atoms with Crippen LogP contribution in [0.5, 0.6) is 5.75 Å². The van der Waals surface area contributed by atoms with E-state index in [1.54, 1.807) is 19.4 Å². The van der Waals surface area contributed by atoms with Crippen molar-refractivity contribution in [3.05, 3.63) is 76.6 Å². The number of nitrogens with one attached hydrogen (secondary N) is 2. The third-order valence-corrected chi connectivity index (χ3v) is 4.66. The Morgan fingerprint density at radius 2 is 1.72 bits per heavy atom. The van der Waals surface area contributed by atoms with E-state index in [0.717, 1.165) is 29.0 Å². The predicted molar refractivity (Wildman–Crippen MR) is 116 cm³/mol. The van der Waals surface area contributed by atoms with Crippen molar-refractivity contribution >= 4 is 17.5 Å². The summed E-state index contributed by atoms with van der Waals surface area (Å²) >= 11 is 0. The normalized spacial score (nSPS) is 10.5. The van der Waals surface area contributed by atoms with E-state index < -0.39 is 0 Å². The number of carbonyl (C=O) groups is 1. The first-order valence-electron chi connectivity index (χ1n) is 9.55. The number of benzene rings is 2. The van der Waals surface area contributed by atoms with E-state index >= 15 is 0 Å². The minimum absolute atomic E-state index is 0.249. The first kappa shape index (κ1) is 20.3. The average Bonchev–Trinajstić information content (AvgIpc) is 2.71. The molecule has 3 aromatic rings. The van der Waals surface area contributed by atoms with Gasteiger partial charge in [-0.25, -0.2) is 9.97 Å². The third kappa shape index (κ3) is 5.31. The van der Waals surface area contributed by atoms with E-state index in [9.17, 15) is 4.79 Å². The number of aromatic nitrogens is 2. The summed E-state index contributed by atoms with van der Waals surface area (Å²) in [5.74, 6) is 1.02. The Morgan fingerprint density at radius 3 is 2.38 bits per heavy atom. The highest BCUT2D eigenvalue weighted by molar-refractivity contribution is 6.03. The highest BCUT2D eigenvalue weighted by Crippen LogP contribution is 2.22. The number of hydrogen-bond donors (Lipinski definition) is 2. The molecule has 1 heterocycles. The molecule has 0 spiro atoms. The monoisotopic (exact) mass is 390 g/mol. The molecule has 0 saturated carbocycles. The molecule has 0 fully saturated rings. The van der Waals surface area contributed by atoms with Gasteiger partial charge in [0.25, 0.3) is 5.91 Å². The maximum Gasteiger partial charge on any atom is 0.274 e. The molecule has 0 radical (unpaired) electrons. The first-order valence-corrected chi connectivity index (χ1v) is 9.55. The summed E-state index contributed by atoms with van der Waals surface area (Å²) in [6.07, 6.45) is 2.40. The summed E-state index contributed by atoms with van der Waals surface area (Å²) < 4.78 is 5.17. The van der Waals surface area contributed by atoms with E-state index in [1.165, 1.54) is 11.1 Å². The SMILES string of the molecule is COc1ccc(CCNc2nccc(C(=O)Nc3c(C)cc(C)cc3C)n2)cc1. The lowest BCUT2D eigenvalue weighted by atomic mass is 10.1. The number of rotatable bonds is 7. The van der Waals surface area contributed by atoms with Crippen LogP contribution >= 0.6 is 0 Å². The van der Waals surface area contributed by atoms with Gasteiger partial charge in [0.1, 0.15) is 11.4 Å². The lowest BCUT2D eigenvalue weighted by Crippen LogP contribution is -2.17. The van der Waals surface area contributed by atoms with Crippen molar-refractivity contribution in [2.75, 3.05) is 24.3 Å². The molecule has 1 amide bonds. The Labute approximate surface area is 171 Å². The van der Waals surface area contributed by atoms with Crippen LogP contribution in [-0.2, 0) is 6.42 Å². The molecule has 2 aromatic carbocycles. The standard InChI is InChI=1S/C23H26N4O2/c1-15-13-16(2)21(17(3)14-15)27-22(28)20-10-12-25-23(26-20)24-11-9-18-5-7-19(29-4)8-6-18/h5-8,10,12-14H,9,11H2,1-4H3,(H,27,28)(H,24,25,26). The topological polar surface area (TPSA) is 76.1 Å². The fourth-order valence-electron chi connectivity index (χ4n) is 3.24. The molecule has 0 saturated heterocycles. The summed E-state index contributed by atoms with van der Waals surface area (Å²) in [5.41, 5.74) is 5.56. The van der Waals surface area contributed by atoms with Crippen LogP contribution in [0.15, 0.2) is 48.7 Å². The third-order valence-electron chi connectivity index (χ3n) is 4.66. The quantitative estimate of drug-likeness (QED) is 0.628. The molecule has 1 aromatic heterocycles. The Bertz CT molecular complexity index is 977. The summed E-state index contributed by atoms with van der Waals surface area (Å²) in [4.78, 5) is 21.2. The molecule has 3 rings (SSSR count). The van der Waals surface area contributed by atoms with Crippen molar-refractivity contribution in [2.45, 2.75) is 27.2 Å². The zero-order valence-electron chi connectivity index (χ0n) is 17.2. The summed E-state index contributed by atoms with van der Waals surface area (Å²) in [5, 5.41) is 6.15. The number of nitrogens with zero attached hydrogens (tertiary/aromatic N) is 2. The highest BCUT2D eigenvalue weighted by Gasteiger charge is 2.12. The molecule has 0 unspecified atom stereocenters. The number of methoxy groups -OCH3 is 1. The molecule has 0 atom stereocenters. The number of aryl methyl sites for hydroxylation is 3. The molecule has 0 aliphatic carbocycles. The number of anilines is 2. The number of ether oxygens (including phenoxy) is 1. The zero-order valence-corrected chi connectivity index (χ0v) is 17.2. The smallest absolute Gasteiger partial charge is 0.274 e. The fraction of sp³-hybridized carbons (Fsp3) is 0.261. The summed E-state index contributed by atoms with van der Waals surface area (Å²) in [6.45, 7) is 6.68. The van der Waals surface area contributed by atoms with Crippen LogP contribution in [0.3, 0.4) is 0 Å². The summed E-state index contributed by atoms with van der Waals surface area (Å²) in [6, 6.07) is 13.6. The highest BCUT2D eigenvalue weighted by atomic mass is 16.5. The van der Waals surface area contributed by atoms with Crippen molar-refractivity contribution in [1.29, 1.82) is 0 Å².